The summed E-state index contributed by atoms with van der Waals surface area (Å²) in [5, 5.41) is 4.63. The van der Waals surface area contributed by atoms with Gasteiger partial charge in [0.2, 0.25) is 0 Å². The van der Waals surface area contributed by atoms with Gasteiger partial charge in [0.25, 0.3) is 0 Å². The van der Waals surface area contributed by atoms with E-state index in [9.17, 15) is 0 Å². The van der Waals surface area contributed by atoms with Gasteiger partial charge in [-0.15, -0.1) is 0 Å². The van der Waals surface area contributed by atoms with Crippen molar-refractivity contribution in [2.45, 2.75) is 19.4 Å². The van der Waals surface area contributed by atoms with Gasteiger partial charge >= 0.3 is 0 Å². The number of halogens is 2. The third-order valence-electron chi connectivity index (χ3n) is 2.97. The van der Waals surface area contributed by atoms with E-state index in [4.69, 9.17) is 27.6 Å². The highest BCUT2D eigenvalue weighted by Gasteiger charge is 2.20. The number of nitrogens with one attached hydrogen (secondary N) is 1. The Hall–Kier alpha value is -0.960. The summed E-state index contributed by atoms with van der Waals surface area (Å²) in [5.41, 5.74) is 2.06. The molecule has 18 heavy (non-hydrogen) atoms. The molecule has 0 radical (unpaired) electrons. The normalized spacial score (nSPS) is 12.7. The molecule has 2 nitrogen and oxygen atoms in total. The molecule has 0 aliphatic carbocycles. The molecule has 0 spiro atoms. The highest BCUT2D eigenvalue weighted by atomic mass is 35.5. The predicted octanol–water partition coefficient (Wildman–Crippen LogP) is 4.46. The maximum absolute atomic E-state index is 6.25. The molecule has 0 aliphatic rings. The van der Waals surface area contributed by atoms with Crippen LogP contribution in [0, 0.1) is 0 Å². The van der Waals surface area contributed by atoms with Gasteiger partial charge in [-0.1, -0.05) is 30.1 Å². The minimum atomic E-state index is -0.00935. The van der Waals surface area contributed by atoms with E-state index >= 15 is 0 Å². The zero-order chi connectivity index (χ0) is 13.1. The Labute approximate surface area is 117 Å². The van der Waals surface area contributed by atoms with Crippen LogP contribution in [0.5, 0.6) is 0 Å². The average Bonchev–Trinajstić information content (AvgIpc) is 2.83. The highest BCUT2D eigenvalue weighted by molar-refractivity contribution is 6.33. The van der Waals surface area contributed by atoms with Crippen molar-refractivity contribution in [2.75, 3.05) is 7.05 Å². The molecular formula is C14H15Cl2NO. The Morgan fingerprint density at radius 2 is 2.00 bits per heavy atom. The zero-order valence-electron chi connectivity index (χ0n) is 10.3. The molecule has 0 amide bonds. The minimum absolute atomic E-state index is 0.00935. The quantitative estimate of drug-likeness (QED) is 0.896. The van der Waals surface area contributed by atoms with Gasteiger partial charge in [0, 0.05) is 22.0 Å². The van der Waals surface area contributed by atoms with Crippen molar-refractivity contribution in [3.63, 3.8) is 0 Å². The molecule has 2 rings (SSSR count). The SMILES string of the molecule is CCc1occc1C(NC)c1cc(Cl)ccc1Cl. The van der Waals surface area contributed by atoms with Crippen LogP contribution in [-0.2, 0) is 6.42 Å². The molecule has 0 saturated heterocycles. The van der Waals surface area contributed by atoms with Crippen LogP contribution in [0.25, 0.3) is 0 Å². The first-order valence-corrected chi connectivity index (χ1v) is 6.61. The molecule has 1 atom stereocenters. The lowest BCUT2D eigenvalue weighted by molar-refractivity contribution is 0.505. The number of hydrogen-bond donors (Lipinski definition) is 1. The fourth-order valence-corrected chi connectivity index (χ4v) is 2.52. The van der Waals surface area contributed by atoms with E-state index in [1.165, 1.54) is 0 Å². The topological polar surface area (TPSA) is 25.2 Å². The Morgan fingerprint density at radius 1 is 1.22 bits per heavy atom. The molecule has 0 aliphatic heterocycles. The van der Waals surface area contributed by atoms with Gasteiger partial charge in [0.05, 0.1) is 12.3 Å². The van der Waals surface area contributed by atoms with E-state index < -0.39 is 0 Å². The first-order valence-electron chi connectivity index (χ1n) is 5.85. The van der Waals surface area contributed by atoms with Crippen LogP contribution >= 0.6 is 23.2 Å². The first-order chi connectivity index (χ1) is 8.67. The van der Waals surface area contributed by atoms with Crippen molar-refractivity contribution in [2.24, 2.45) is 0 Å². The van der Waals surface area contributed by atoms with Crippen molar-refractivity contribution in [1.29, 1.82) is 0 Å². The van der Waals surface area contributed by atoms with Gasteiger partial charge in [-0.3, -0.25) is 0 Å². The maximum Gasteiger partial charge on any atom is 0.108 e. The van der Waals surface area contributed by atoms with Crippen LogP contribution in [0.2, 0.25) is 10.0 Å². The van der Waals surface area contributed by atoms with Crippen molar-refractivity contribution >= 4 is 23.2 Å². The van der Waals surface area contributed by atoms with Gasteiger partial charge in [0.15, 0.2) is 0 Å². The second kappa shape index (κ2) is 5.79. The summed E-state index contributed by atoms with van der Waals surface area (Å²) in [6, 6.07) is 7.45. The van der Waals surface area contributed by atoms with Crippen LogP contribution < -0.4 is 5.32 Å². The summed E-state index contributed by atoms with van der Waals surface area (Å²) < 4.78 is 5.47. The maximum atomic E-state index is 6.25. The Kier molecular flexibility index (Phi) is 4.33. The monoisotopic (exact) mass is 283 g/mol. The summed E-state index contributed by atoms with van der Waals surface area (Å²) in [6.45, 7) is 2.06. The molecule has 0 bridgehead atoms. The molecule has 96 valence electrons. The Bertz CT molecular complexity index is 536. The number of hydrogen-bond acceptors (Lipinski definition) is 2. The number of rotatable bonds is 4. The lowest BCUT2D eigenvalue weighted by Crippen LogP contribution is -2.18. The second-order valence-electron chi connectivity index (χ2n) is 4.04. The fourth-order valence-electron chi connectivity index (χ4n) is 2.11. The van der Waals surface area contributed by atoms with E-state index in [-0.39, 0.29) is 6.04 Å². The Balaban J connectivity index is 2.48. The minimum Gasteiger partial charge on any atom is -0.469 e. The molecule has 1 unspecified atom stereocenters. The van der Waals surface area contributed by atoms with Crippen LogP contribution in [0.15, 0.2) is 34.9 Å². The largest absolute Gasteiger partial charge is 0.469 e. The van der Waals surface area contributed by atoms with Gasteiger partial charge in [-0.05, 0) is 36.9 Å². The summed E-state index contributed by atoms with van der Waals surface area (Å²) >= 11 is 12.3. The molecule has 0 fully saturated rings. The van der Waals surface area contributed by atoms with Crippen LogP contribution in [0.4, 0.5) is 0 Å². The van der Waals surface area contributed by atoms with Crippen LogP contribution in [-0.4, -0.2) is 7.05 Å². The standard InChI is InChI=1S/C14H15Cl2NO/c1-3-13-10(6-7-18-13)14(17-2)11-8-9(15)4-5-12(11)16/h4-8,14,17H,3H2,1-2H3. The van der Waals surface area contributed by atoms with Crippen molar-refractivity contribution in [3.05, 3.63) is 57.5 Å². The van der Waals surface area contributed by atoms with Crippen LogP contribution in [0.1, 0.15) is 29.9 Å². The molecular weight excluding hydrogens is 269 g/mol. The van der Waals surface area contributed by atoms with E-state index in [0.29, 0.717) is 10.0 Å². The summed E-state index contributed by atoms with van der Waals surface area (Å²) in [6.07, 6.45) is 2.55. The van der Waals surface area contributed by atoms with Crippen molar-refractivity contribution in [3.8, 4) is 0 Å². The smallest absolute Gasteiger partial charge is 0.108 e. The molecule has 1 heterocycles. The van der Waals surface area contributed by atoms with Crippen LogP contribution in [0.3, 0.4) is 0 Å². The fraction of sp³-hybridized carbons (Fsp3) is 0.286. The van der Waals surface area contributed by atoms with E-state index in [1.807, 2.05) is 25.2 Å². The van der Waals surface area contributed by atoms with Gasteiger partial charge in [-0.2, -0.15) is 0 Å². The van der Waals surface area contributed by atoms with Gasteiger partial charge in [-0.25, -0.2) is 0 Å². The van der Waals surface area contributed by atoms with E-state index in [0.717, 1.165) is 23.3 Å². The zero-order valence-corrected chi connectivity index (χ0v) is 11.8. The molecule has 1 aromatic heterocycles. The van der Waals surface area contributed by atoms with E-state index in [2.05, 4.69) is 12.2 Å². The lowest BCUT2D eigenvalue weighted by atomic mass is 9.98. The molecule has 1 aromatic carbocycles. The molecule has 4 heteroatoms. The third kappa shape index (κ3) is 2.56. The number of benzene rings is 1. The summed E-state index contributed by atoms with van der Waals surface area (Å²) in [7, 11) is 1.90. The second-order valence-corrected chi connectivity index (χ2v) is 4.88. The van der Waals surface area contributed by atoms with E-state index in [1.54, 1.807) is 12.3 Å². The molecule has 1 N–H and O–H groups in total. The Morgan fingerprint density at radius 3 is 2.67 bits per heavy atom. The van der Waals surface area contributed by atoms with Gasteiger partial charge in [0.1, 0.15) is 5.76 Å². The van der Waals surface area contributed by atoms with Crippen molar-refractivity contribution < 1.29 is 4.42 Å². The molecule has 0 saturated carbocycles. The third-order valence-corrected chi connectivity index (χ3v) is 3.55. The van der Waals surface area contributed by atoms with Crippen molar-refractivity contribution in [1.82, 2.24) is 5.32 Å². The number of aryl methyl sites for hydroxylation is 1. The first kappa shape index (κ1) is 13.5. The summed E-state index contributed by atoms with van der Waals surface area (Å²) in [5.74, 6) is 0.963. The predicted molar refractivity (Wildman–Crippen MR) is 75.5 cm³/mol. The number of furan rings is 1. The molecule has 2 aromatic rings. The lowest BCUT2D eigenvalue weighted by Gasteiger charge is -2.18. The highest BCUT2D eigenvalue weighted by Crippen LogP contribution is 2.32. The summed E-state index contributed by atoms with van der Waals surface area (Å²) in [4.78, 5) is 0. The average molecular weight is 284 g/mol. The van der Waals surface area contributed by atoms with Gasteiger partial charge < -0.3 is 9.73 Å².